The minimum Gasteiger partial charge on any atom is -0.393 e. The second-order valence-corrected chi connectivity index (χ2v) is 4.88. The molecule has 1 saturated heterocycles. The van der Waals surface area contributed by atoms with Gasteiger partial charge in [-0.15, -0.1) is 11.3 Å². The normalized spacial score (nSPS) is 19.1. The van der Waals surface area contributed by atoms with Crippen LogP contribution in [0.3, 0.4) is 0 Å². The number of aromatic nitrogens is 1. The zero-order valence-electron chi connectivity index (χ0n) is 9.39. The van der Waals surface area contributed by atoms with Crippen molar-refractivity contribution in [1.82, 2.24) is 4.98 Å². The maximum Gasteiger partial charge on any atom is 0.211 e. The first-order chi connectivity index (χ1) is 7.75. The van der Waals surface area contributed by atoms with Crippen molar-refractivity contribution in [2.45, 2.75) is 38.6 Å². The molecule has 0 spiro atoms. The van der Waals surface area contributed by atoms with Gasteiger partial charge in [0.1, 0.15) is 5.01 Å². The van der Waals surface area contributed by atoms with Gasteiger partial charge >= 0.3 is 0 Å². The van der Waals surface area contributed by atoms with Crippen LogP contribution in [0.25, 0.3) is 0 Å². The highest BCUT2D eigenvalue weighted by Gasteiger charge is 2.21. The molecule has 0 aromatic carbocycles. The van der Waals surface area contributed by atoms with Crippen molar-refractivity contribution in [3.63, 3.8) is 0 Å². The average molecular weight is 243 g/mol. The molecular formula is C11H17NO3S. The van der Waals surface area contributed by atoms with Crippen molar-refractivity contribution in [2.75, 3.05) is 13.2 Å². The quantitative estimate of drug-likeness (QED) is 0.858. The van der Waals surface area contributed by atoms with E-state index in [9.17, 15) is 0 Å². The lowest BCUT2D eigenvalue weighted by molar-refractivity contribution is -0.0443. The first-order valence-corrected chi connectivity index (χ1v) is 6.49. The highest BCUT2D eigenvalue weighted by molar-refractivity contribution is 7.09. The Morgan fingerprint density at radius 3 is 3.00 bits per heavy atom. The summed E-state index contributed by atoms with van der Waals surface area (Å²) in [5.41, 5.74) is 1.07. The van der Waals surface area contributed by atoms with Gasteiger partial charge in [-0.05, 0) is 26.2 Å². The van der Waals surface area contributed by atoms with Crippen molar-refractivity contribution in [1.29, 1.82) is 0 Å². The molecule has 1 atom stereocenters. The zero-order chi connectivity index (χ0) is 11.4. The molecule has 2 heterocycles. The lowest BCUT2D eigenvalue weighted by atomic mass is 10.1. The van der Waals surface area contributed by atoms with Gasteiger partial charge in [0.25, 0.3) is 0 Å². The largest absolute Gasteiger partial charge is 0.393 e. The Bertz CT molecular complexity index is 321. The van der Waals surface area contributed by atoms with Crippen molar-refractivity contribution in [3.05, 3.63) is 16.1 Å². The van der Waals surface area contributed by atoms with Crippen molar-refractivity contribution >= 4 is 11.3 Å². The molecule has 0 bridgehead atoms. The number of hydrogen-bond donors (Lipinski definition) is 1. The molecule has 1 aliphatic heterocycles. The van der Waals surface area contributed by atoms with Crippen LogP contribution in [-0.4, -0.2) is 29.4 Å². The van der Waals surface area contributed by atoms with Gasteiger partial charge < -0.3 is 14.6 Å². The topological polar surface area (TPSA) is 51.6 Å². The van der Waals surface area contributed by atoms with Gasteiger partial charge in [0, 0.05) is 5.38 Å². The van der Waals surface area contributed by atoms with Gasteiger partial charge in [-0.2, -0.15) is 0 Å². The van der Waals surface area contributed by atoms with Gasteiger partial charge in [0.05, 0.1) is 25.0 Å². The van der Waals surface area contributed by atoms with E-state index in [2.05, 4.69) is 4.98 Å². The van der Waals surface area contributed by atoms with Crippen molar-refractivity contribution in [2.24, 2.45) is 0 Å². The molecule has 1 aliphatic rings. The first-order valence-electron chi connectivity index (χ1n) is 5.61. The van der Waals surface area contributed by atoms with Gasteiger partial charge in [0.15, 0.2) is 0 Å². The Morgan fingerprint density at radius 1 is 1.56 bits per heavy atom. The summed E-state index contributed by atoms with van der Waals surface area (Å²) in [6, 6.07) is 0. The van der Waals surface area contributed by atoms with Crippen LogP contribution in [0.2, 0.25) is 0 Å². The second kappa shape index (κ2) is 5.72. The Labute approximate surface area is 99.2 Å². The molecule has 1 N–H and O–H groups in total. The fourth-order valence-corrected chi connectivity index (χ4v) is 2.47. The minimum atomic E-state index is -0.254. The van der Waals surface area contributed by atoms with Crippen molar-refractivity contribution < 1.29 is 14.6 Å². The summed E-state index contributed by atoms with van der Waals surface area (Å²) in [5, 5.41) is 12.1. The predicted octanol–water partition coefficient (Wildman–Crippen LogP) is 1.89. The number of nitrogens with zero attached hydrogens (tertiary/aromatic N) is 1. The highest BCUT2D eigenvalue weighted by Crippen LogP contribution is 2.26. The third kappa shape index (κ3) is 3.25. The van der Waals surface area contributed by atoms with Crippen LogP contribution in [0.4, 0.5) is 0 Å². The molecule has 5 heteroatoms. The molecule has 1 aromatic heterocycles. The van der Waals surface area contributed by atoms with E-state index in [0.29, 0.717) is 13.2 Å². The highest BCUT2D eigenvalue weighted by atomic mass is 32.1. The van der Waals surface area contributed by atoms with Gasteiger partial charge in [0.2, 0.25) is 6.29 Å². The van der Waals surface area contributed by atoms with Crippen LogP contribution in [-0.2, 0) is 15.9 Å². The van der Waals surface area contributed by atoms with E-state index >= 15 is 0 Å². The molecule has 16 heavy (non-hydrogen) atoms. The van der Waals surface area contributed by atoms with E-state index in [1.165, 1.54) is 0 Å². The molecular weight excluding hydrogens is 226 g/mol. The molecule has 0 aliphatic carbocycles. The van der Waals surface area contributed by atoms with E-state index in [-0.39, 0.29) is 12.4 Å². The smallest absolute Gasteiger partial charge is 0.211 e. The maximum absolute atomic E-state index is 9.15. The first kappa shape index (κ1) is 12.0. The molecule has 4 nitrogen and oxygen atoms in total. The summed E-state index contributed by atoms with van der Waals surface area (Å²) in [6.07, 6.45) is 2.22. The average Bonchev–Trinajstić information content (AvgIpc) is 2.85. The van der Waals surface area contributed by atoms with Crippen LogP contribution in [0.15, 0.2) is 5.38 Å². The molecule has 0 saturated carbocycles. The van der Waals surface area contributed by atoms with E-state index in [1.54, 1.807) is 11.3 Å². The molecule has 1 aromatic rings. The maximum atomic E-state index is 9.15. The molecule has 2 rings (SSSR count). The fourth-order valence-electron chi connectivity index (χ4n) is 1.63. The third-order valence-corrected chi connectivity index (χ3v) is 3.36. The summed E-state index contributed by atoms with van der Waals surface area (Å²) in [4.78, 5) is 4.48. The van der Waals surface area contributed by atoms with Crippen LogP contribution < -0.4 is 0 Å². The number of aliphatic hydroxyl groups excluding tert-OH is 1. The lowest BCUT2D eigenvalue weighted by Gasteiger charge is -2.04. The van der Waals surface area contributed by atoms with Crippen LogP contribution in [0.1, 0.15) is 36.8 Å². The van der Waals surface area contributed by atoms with E-state index in [1.807, 2.05) is 12.3 Å². The molecule has 90 valence electrons. The van der Waals surface area contributed by atoms with Gasteiger partial charge in [-0.1, -0.05) is 0 Å². The van der Waals surface area contributed by atoms with Crippen LogP contribution in [0.5, 0.6) is 0 Å². The number of aryl methyl sites for hydroxylation is 1. The summed E-state index contributed by atoms with van der Waals surface area (Å²) < 4.78 is 10.8. The second-order valence-electron chi connectivity index (χ2n) is 3.99. The van der Waals surface area contributed by atoms with E-state index in [0.717, 1.165) is 30.0 Å². The van der Waals surface area contributed by atoms with Gasteiger partial charge in [-0.3, -0.25) is 0 Å². The Kier molecular flexibility index (Phi) is 4.29. The van der Waals surface area contributed by atoms with E-state index in [4.69, 9.17) is 14.6 Å². The van der Waals surface area contributed by atoms with E-state index < -0.39 is 0 Å². The molecule has 1 unspecified atom stereocenters. The lowest BCUT2D eigenvalue weighted by Crippen LogP contribution is -2.01. The third-order valence-electron chi connectivity index (χ3n) is 2.45. The summed E-state index contributed by atoms with van der Waals surface area (Å²) in [6.45, 7) is 3.12. The zero-order valence-corrected chi connectivity index (χ0v) is 10.2. The van der Waals surface area contributed by atoms with Crippen molar-refractivity contribution in [3.8, 4) is 0 Å². The number of ether oxygens (including phenoxy) is 2. The number of thiazole rings is 1. The molecule has 0 amide bonds. The Balaban J connectivity index is 1.82. The summed E-state index contributed by atoms with van der Waals surface area (Å²) in [5.74, 6) is 0. The summed E-state index contributed by atoms with van der Waals surface area (Å²) in [7, 11) is 0. The standard InChI is InChI=1S/C11H17NO3S/c1-8(13)3-2-4-9-7-16-10(12-9)11-14-5-6-15-11/h7-8,11,13H,2-6H2,1H3. The number of hydrogen-bond acceptors (Lipinski definition) is 5. The predicted molar refractivity (Wildman–Crippen MR) is 61.4 cm³/mol. The summed E-state index contributed by atoms with van der Waals surface area (Å²) >= 11 is 1.58. The molecule has 0 radical (unpaired) electrons. The molecule has 1 fully saturated rings. The van der Waals surface area contributed by atoms with Gasteiger partial charge in [-0.25, -0.2) is 4.98 Å². The van der Waals surface area contributed by atoms with Crippen LogP contribution in [0, 0.1) is 0 Å². The van der Waals surface area contributed by atoms with Crippen LogP contribution >= 0.6 is 11.3 Å². The monoisotopic (exact) mass is 243 g/mol. The fraction of sp³-hybridized carbons (Fsp3) is 0.727. The SMILES string of the molecule is CC(O)CCCc1csc(C2OCCO2)n1. The number of rotatable bonds is 5. The Morgan fingerprint density at radius 2 is 2.31 bits per heavy atom. The number of aliphatic hydroxyl groups is 1. The Hall–Kier alpha value is -0.490. The minimum absolute atomic E-state index is 0.223.